The minimum absolute atomic E-state index is 0.858. The standard InChI is InChI=1S/C9H8O2.C4H9NO/c10-9(11)7-6-8-4-2-1-3-5-8;1-3-6-4-2-5-1/h1-7H,(H,10,11);5H,1-4H2/b7-6+;. The number of quaternary nitrogens is 1. The number of aliphatic carboxylic acids is 1. The van der Waals surface area contributed by atoms with Crippen LogP contribution in [0.3, 0.4) is 0 Å². The summed E-state index contributed by atoms with van der Waals surface area (Å²) in [6, 6.07) is 9.19. The fourth-order valence-electron chi connectivity index (χ4n) is 1.31. The van der Waals surface area contributed by atoms with Crippen molar-refractivity contribution in [1.29, 1.82) is 0 Å². The molecule has 0 saturated carbocycles. The molecule has 1 heterocycles. The van der Waals surface area contributed by atoms with E-state index < -0.39 is 5.97 Å². The molecule has 0 atom stereocenters. The zero-order chi connectivity index (χ0) is 12.3. The van der Waals surface area contributed by atoms with Crippen molar-refractivity contribution in [2.45, 2.75) is 0 Å². The van der Waals surface area contributed by atoms with Crippen LogP contribution in [0.15, 0.2) is 36.4 Å². The lowest BCUT2D eigenvalue weighted by Gasteiger charge is -2.07. The second kappa shape index (κ2) is 8.50. The Labute approximate surface area is 101 Å². The van der Waals surface area contributed by atoms with Gasteiger partial charge in [0, 0.05) is 0 Å². The van der Waals surface area contributed by atoms with E-state index in [-0.39, 0.29) is 0 Å². The second-order valence-corrected chi connectivity index (χ2v) is 3.54. The Bertz CT molecular complexity index is 333. The predicted molar refractivity (Wildman–Crippen MR) is 63.0 cm³/mol. The van der Waals surface area contributed by atoms with Crippen LogP contribution < -0.4 is 10.4 Å². The molecule has 17 heavy (non-hydrogen) atoms. The highest BCUT2D eigenvalue weighted by Crippen LogP contribution is 1.99. The summed E-state index contributed by atoms with van der Waals surface area (Å²) in [5.41, 5.74) is 0.858. The predicted octanol–water partition coefficient (Wildman–Crippen LogP) is -0.970. The molecule has 1 saturated heterocycles. The van der Waals surface area contributed by atoms with Crippen LogP contribution in [0.5, 0.6) is 0 Å². The number of carboxylic acids is 1. The largest absolute Gasteiger partial charge is 0.545 e. The average molecular weight is 235 g/mol. The monoisotopic (exact) mass is 235 g/mol. The Morgan fingerprint density at radius 3 is 2.29 bits per heavy atom. The van der Waals surface area contributed by atoms with Crippen molar-refractivity contribution in [2.24, 2.45) is 0 Å². The van der Waals surface area contributed by atoms with Gasteiger partial charge in [0.15, 0.2) is 0 Å². The van der Waals surface area contributed by atoms with Crippen LogP contribution in [0, 0.1) is 0 Å². The summed E-state index contributed by atoms with van der Waals surface area (Å²) in [4.78, 5) is 9.97. The lowest BCUT2D eigenvalue weighted by Crippen LogP contribution is -2.87. The minimum atomic E-state index is -1.17. The van der Waals surface area contributed by atoms with Crippen LogP contribution in [0.4, 0.5) is 0 Å². The van der Waals surface area contributed by atoms with Crippen LogP contribution in [0.25, 0.3) is 6.08 Å². The van der Waals surface area contributed by atoms with Crippen LogP contribution in [0.2, 0.25) is 0 Å². The van der Waals surface area contributed by atoms with E-state index in [1.807, 2.05) is 30.3 Å². The molecule has 0 aliphatic carbocycles. The quantitative estimate of drug-likeness (QED) is 0.671. The molecule has 92 valence electrons. The number of ether oxygens (including phenoxy) is 1. The topological polar surface area (TPSA) is 66.0 Å². The summed E-state index contributed by atoms with van der Waals surface area (Å²) in [6.45, 7) is 4.19. The van der Waals surface area contributed by atoms with Crippen molar-refractivity contribution in [2.75, 3.05) is 26.3 Å². The SMILES string of the molecule is C1COCC[NH2+]1.O=C([O-])/C=C/c1ccccc1. The molecular formula is C13H17NO3. The molecule has 0 amide bonds. The molecule has 1 aliphatic heterocycles. The zero-order valence-corrected chi connectivity index (χ0v) is 9.67. The molecule has 0 unspecified atom stereocenters. The molecule has 1 aliphatic rings. The Morgan fingerprint density at radius 2 is 1.88 bits per heavy atom. The molecule has 0 bridgehead atoms. The number of nitrogens with two attached hydrogens (primary N) is 1. The fraction of sp³-hybridized carbons (Fsp3) is 0.308. The van der Waals surface area contributed by atoms with Crippen molar-refractivity contribution in [1.82, 2.24) is 0 Å². The van der Waals surface area contributed by atoms with Crippen molar-refractivity contribution < 1.29 is 20.0 Å². The summed E-state index contributed by atoms with van der Waals surface area (Å²) >= 11 is 0. The van der Waals surface area contributed by atoms with Gasteiger partial charge in [0.1, 0.15) is 0 Å². The maximum Gasteiger partial charge on any atom is 0.0993 e. The number of carbonyl (C=O) groups excluding carboxylic acids is 1. The molecule has 1 aromatic rings. The van der Waals surface area contributed by atoms with E-state index in [1.165, 1.54) is 6.08 Å². The Morgan fingerprint density at radius 1 is 1.24 bits per heavy atom. The van der Waals surface area contributed by atoms with E-state index in [0.29, 0.717) is 0 Å². The summed E-state index contributed by atoms with van der Waals surface area (Å²) in [6.07, 6.45) is 2.50. The van der Waals surface area contributed by atoms with Crippen LogP contribution in [0.1, 0.15) is 5.56 Å². The van der Waals surface area contributed by atoms with Gasteiger partial charge in [-0.25, -0.2) is 0 Å². The third kappa shape index (κ3) is 7.27. The van der Waals surface area contributed by atoms with Gasteiger partial charge in [-0.1, -0.05) is 36.4 Å². The third-order valence-corrected chi connectivity index (χ3v) is 2.14. The maximum absolute atomic E-state index is 9.97. The maximum atomic E-state index is 9.97. The summed E-state index contributed by atoms with van der Waals surface area (Å²) in [5, 5.41) is 12.2. The van der Waals surface area contributed by atoms with E-state index in [1.54, 1.807) is 0 Å². The number of rotatable bonds is 2. The molecule has 4 heteroatoms. The van der Waals surface area contributed by atoms with Gasteiger partial charge in [-0.3, -0.25) is 0 Å². The molecule has 2 N–H and O–H groups in total. The smallest absolute Gasteiger partial charge is 0.0993 e. The van der Waals surface area contributed by atoms with Crippen molar-refractivity contribution in [3.63, 3.8) is 0 Å². The number of hydrogen-bond acceptors (Lipinski definition) is 3. The van der Waals surface area contributed by atoms with E-state index in [0.717, 1.165) is 37.9 Å². The van der Waals surface area contributed by atoms with Gasteiger partial charge in [0.05, 0.1) is 32.3 Å². The van der Waals surface area contributed by atoms with Gasteiger partial charge in [-0.05, 0) is 11.6 Å². The van der Waals surface area contributed by atoms with Crippen LogP contribution in [-0.4, -0.2) is 32.3 Å². The van der Waals surface area contributed by atoms with E-state index in [4.69, 9.17) is 4.74 Å². The molecule has 4 nitrogen and oxygen atoms in total. The number of carbonyl (C=O) groups is 1. The van der Waals surface area contributed by atoms with Crippen molar-refractivity contribution in [3.05, 3.63) is 42.0 Å². The van der Waals surface area contributed by atoms with Crippen molar-refractivity contribution >= 4 is 12.0 Å². The van der Waals surface area contributed by atoms with Crippen LogP contribution >= 0.6 is 0 Å². The molecule has 1 aromatic carbocycles. The van der Waals surface area contributed by atoms with E-state index >= 15 is 0 Å². The number of benzene rings is 1. The summed E-state index contributed by atoms with van der Waals surface area (Å²) in [5.74, 6) is -1.17. The number of morpholine rings is 1. The average Bonchev–Trinajstić information content (AvgIpc) is 2.40. The first-order valence-electron chi connectivity index (χ1n) is 5.62. The fourth-order valence-corrected chi connectivity index (χ4v) is 1.31. The van der Waals surface area contributed by atoms with Gasteiger partial charge in [0.2, 0.25) is 0 Å². The molecule has 2 rings (SSSR count). The summed E-state index contributed by atoms with van der Waals surface area (Å²) < 4.78 is 5.04. The zero-order valence-electron chi connectivity index (χ0n) is 9.67. The highest BCUT2D eigenvalue weighted by Gasteiger charge is 1.96. The van der Waals surface area contributed by atoms with Gasteiger partial charge >= 0.3 is 0 Å². The van der Waals surface area contributed by atoms with Gasteiger partial charge in [-0.2, -0.15) is 0 Å². The van der Waals surface area contributed by atoms with Gasteiger partial charge in [0.25, 0.3) is 0 Å². The van der Waals surface area contributed by atoms with Gasteiger partial charge < -0.3 is 20.0 Å². The molecule has 0 radical (unpaired) electrons. The minimum Gasteiger partial charge on any atom is -0.545 e. The first-order chi connectivity index (χ1) is 8.29. The Kier molecular flexibility index (Phi) is 6.70. The molecule has 1 fully saturated rings. The molecule has 0 aromatic heterocycles. The lowest BCUT2D eigenvalue weighted by atomic mass is 10.2. The molecule has 0 spiro atoms. The number of carboxylic acid groups (broad SMARTS) is 1. The summed E-state index contributed by atoms with van der Waals surface area (Å²) in [7, 11) is 0. The first kappa shape index (κ1) is 13.4. The second-order valence-electron chi connectivity index (χ2n) is 3.54. The first-order valence-corrected chi connectivity index (χ1v) is 5.62. The third-order valence-electron chi connectivity index (χ3n) is 2.14. The van der Waals surface area contributed by atoms with Gasteiger partial charge in [-0.15, -0.1) is 0 Å². The molecular weight excluding hydrogens is 218 g/mol. The highest BCUT2D eigenvalue weighted by molar-refractivity contribution is 5.83. The Balaban J connectivity index is 0.000000202. The Hall–Kier alpha value is -1.65. The number of hydrogen-bond donors (Lipinski definition) is 1. The highest BCUT2D eigenvalue weighted by atomic mass is 16.5. The van der Waals surface area contributed by atoms with E-state index in [2.05, 4.69) is 5.32 Å². The van der Waals surface area contributed by atoms with E-state index in [9.17, 15) is 9.90 Å². The van der Waals surface area contributed by atoms with Crippen molar-refractivity contribution in [3.8, 4) is 0 Å². The normalized spacial score (nSPS) is 15.1. The lowest BCUT2D eigenvalue weighted by molar-refractivity contribution is -0.670. The van der Waals surface area contributed by atoms with Crippen LogP contribution in [-0.2, 0) is 9.53 Å².